The van der Waals surface area contributed by atoms with Crippen LogP contribution in [0.4, 0.5) is 0 Å². The topological polar surface area (TPSA) is 31.0 Å². The normalized spacial score (nSPS) is 39.1. The van der Waals surface area contributed by atoms with Crippen molar-refractivity contribution in [1.29, 1.82) is 0 Å². The summed E-state index contributed by atoms with van der Waals surface area (Å²) in [5.74, 6) is 0.354. The second-order valence-electron chi connectivity index (χ2n) is 6.31. The molecule has 0 N–H and O–H groups in total. The summed E-state index contributed by atoms with van der Waals surface area (Å²) < 4.78 is 17.5. The van der Waals surface area contributed by atoms with Crippen LogP contribution in [0.3, 0.4) is 0 Å². The maximum Gasteiger partial charge on any atom is 0.100 e. The Kier molecular flexibility index (Phi) is 4.70. The van der Waals surface area contributed by atoms with Crippen LogP contribution < -0.4 is 0 Å². The molecule has 0 aromatic rings. The van der Waals surface area contributed by atoms with Gasteiger partial charge in [-0.1, -0.05) is 11.6 Å². The average molecular weight is 268 g/mol. The van der Waals surface area contributed by atoms with E-state index in [0.29, 0.717) is 12.0 Å². The molecule has 2 fully saturated rings. The maximum atomic E-state index is 6.05. The van der Waals surface area contributed by atoms with Gasteiger partial charge in [-0.2, -0.15) is 0 Å². The maximum absolute atomic E-state index is 6.05. The van der Waals surface area contributed by atoms with E-state index in [1.165, 1.54) is 12.0 Å². The van der Waals surface area contributed by atoms with E-state index in [4.69, 9.17) is 14.2 Å². The molecule has 0 bridgehead atoms. The van der Waals surface area contributed by atoms with Gasteiger partial charge in [-0.25, -0.2) is 0 Å². The summed E-state index contributed by atoms with van der Waals surface area (Å²) in [6.45, 7) is 6.50. The van der Waals surface area contributed by atoms with E-state index in [1.54, 1.807) is 0 Å². The molecule has 0 aromatic heterocycles. The van der Waals surface area contributed by atoms with E-state index in [2.05, 4.69) is 26.8 Å². The summed E-state index contributed by atoms with van der Waals surface area (Å²) in [5, 5.41) is 0. The van der Waals surface area contributed by atoms with E-state index >= 15 is 0 Å². The molecule has 0 spiro atoms. The van der Waals surface area contributed by atoms with Crippen molar-refractivity contribution in [2.75, 3.05) is 14.2 Å². The monoisotopic (exact) mass is 268 g/mol. The van der Waals surface area contributed by atoms with Gasteiger partial charge in [0.05, 0.1) is 18.3 Å². The average Bonchev–Trinajstić information content (AvgIpc) is 3.07. The molecule has 1 unspecified atom stereocenters. The van der Waals surface area contributed by atoms with Crippen LogP contribution in [0.2, 0.25) is 0 Å². The van der Waals surface area contributed by atoms with Crippen molar-refractivity contribution in [2.45, 2.75) is 70.4 Å². The fourth-order valence-corrected chi connectivity index (χ4v) is 3.58. The SMILES string of the molecule is CO[C@@H]1CCC[C@@H](OC)C1[C@@]1(C)OC1CC=C(C)C. The summed E-state index contributed by atoms with van der Waals surface area (Å²) >= 11 is 0. The molecule has 1 saturated heterocycles. The fourth-order valence-electron chi connectivity index (χ4n) is 3.58. The highest BCUT2D eigenvalue weighted by Gasteiger charge is 2.61. The predicted molar refractivity (Wildman–Crippen MR) is 76.3 cm³/mol. The molecule has 1 aliphatic heterocycles. The van der Waals surface area contributed by atoms with Crippen molar-refractivity contribution < 1.29 is 14.2 Å². The zero-order chi connectivity index (χ0) is 14.0. The van der Waals surface area contributed by atoms with E-state index in [1.807, 2.05) is 14.2 Å². The van der Waals surface area contributed by atoms with Crippen LogP contribution in [-0.2, 0) is 14.2 Å². The fraction of sp³-hybridized carbons (Fsp3) is 0.875. The Morgan fingerprint density at radius 3 is 2.26 bits per heavy atom. The first-order chi connectivity index (χ1) is 9.02. The molecular formula is C16H28O3. The molecule has 19 heavy (non-hydrogen) atoms. The van der Waals surface area contributed by atoms with E-state index < -0.39 is 0 Å². The van der Waals surface area contributed by atoms with Crippen LogP contribution >= 0.6 is 0 Å². The van der Waals surface area contributed by atoms with Gasteiger partial charge in [0.1, 0.15) is 5.60 Å². The van der Waals surface area contributed by atoms with Gasteiger partial charge in [-0.15, -0.1) is 0 Å². The minimum atomic E-state index is -0.0757. The Labute approximate surface area is 117 Å². The Morgan fingerprint density at radius 1 is 1.21 bits per heavy atom. The van der Waals surface area contributed by atoms with Crippen LogP contribution in [0, 0.1) is 5.92 Å². The van der Waals surface area contributed by atoms with E-state index in [9.17, 15) is 0 Å². The number of epoxide rings is 1. The molecule has 3 nitrogen and oxygen atoms in total. The van der Waals surface area contributed by atoms with Crippen molar-refractivity contribution in [2.24, 2.45) is 5.92 Å². The molecule has 1 saturated carbocycles. The lowest BCUT2D eigenvalue weighted by Crippen LogP contribution is -2.47. The molecule has 1 aliphatic carbocycles. The van der Waals surface area contributed by atoms with Gasteiger partial charge in [0.15, 0.2) is 0 Å². The van der Waals surface area contributed by atoms with Gasteiger partial charge < -0.3 is 14.2 Å². The minimum absolute atomic E-state index is 0.0757. The molecule has 110 valence electrons. The molecule has 2 aliphatic rings. The predicted octanol–water partition coefficient (Wildman–Crippen LogP) is 3.33. The molecule has 4 atom stereocenters. The first kappa shape index (κ1) is 15.0. The first-order valence-electron chi connectivity index (χ1n) is 7.39. The molecular weight excluding hydrogens is 240 g/mol. The van der Waals surface area contributed by atoms with Gasteiger partial charge >= 0.3 is 0 Å². The molecule has 0 aromatic carbocycles. The summed E-state index contributed by atoms with van der Waals surface area (Å²) in [4.78, 5) is 0. The van der Waals surface area contributed by atoms with Gasteiger partial charge in [0, 0.05) is 20.1 Å². The highest BCUT2D eigenvalue weighted by Crippen LogP contribution is 2.51. The summed E-state index contributed by atoms with van der Waals surface area (Å²) in [6.07, 6.45) is 7.54. The number of methoxy groups -OCH3 is 2. The van der Waals surface area contributed by atoms with Gasteiger partial charge in [0.2, 0.25) is 0 Å². The minimum Gasteiger partial charge on any atom is -0.381 e. The van der Waals surface area contributed by atoms with E-state index in [0.717, 1.165) is 19.3 Å². The van der Waals surface area contributed by atoms with Crippen molar-refractivity contribution in [3.05, 3.63) is 11.6 Å². The summed E-state index contributed by atoms with van der Waals surface area (Å²) in [7, 11) is 3.62. The van der Waals surface area contributed by atoms with E-state index in [-0.39, 0.29) is 17.8 Å². The lowest BCUT2D eigenvalue weighted by atomic mass is 9.74. The number of rotatable bonds is 5. The van der Waals surface area contributed by atoms with Crippen LogP contribution in [0.5, 0.6) is 0 Å². The molecule has 3 heteroatoms. The Bertz CT molecular complexity index is 323. The van der Waals surface area contributed by atoms with Crippen LogP contribution in [-0.4, -0.2) is 38.1 Å². The highest BCUT2D eigenvalue weighted by molar-refractivity contribution is 5.12. The zero-order valence-corrected chi connectivity index (χ0v) is 12.9. The second kappa shape index (κ2) is 5.94. The molecule has 0 radical (unpaired) electrons. The standard InChI is InChI=1S/C16H28O3/c1-11(2)9-10-14-16(3,19-14)15-12(17-4)7-6-8-13(15)18-5/h9,12-15H,6-8,10H2,1-5H3/t12-,13-,14?,16+/m1/s1. The second-order valence-corrected chi connectivity index (χ2v) is 6.31. The lowest BCUT2D eigenvalue weighted by Gasteiger charge is -2.39. The Morgan fingerprint density at radius 2 is 1.79 bits per heavy atom. The summed E-state index contributed by atoms with van der Waals surface area (Å²) in [5.41, 5.74) is 1.28. The number of ether oxygens (including phenoxy) is 3. The Balaban J connectivity index is 2.07. The molecule has 2 rings (SSSR count). The lowest BCUT2D eigenvalue weighted by molar-refractivity contribution is -0.0894. The third kappa shape index (κ3) is 3.04. The smallest absolute Gasteiger partial charge is 0.100 e. The Hall–Kier alpha value is -0.380. The third-order valence-corrected chi connectivity index (χ3v) is 4.76. The molecule has 0 amide bonds. The van der Waals surface area contributed by atoms with Crippen LogP contribution in [0.25, 0.3) is 0 Å². The van der Waals surface area contributed by atoms with Gasteiger partial charge in [-0.05, 0) is 46.5 Å². The first-order valence-corrected chi connectivity index (χ1v) is 7.39. The van der Waals surface area contributed by atoms with Crippen LogP contribution in [0.15, 0.2) is 11.6 Å². The largest absolute Gasteiger partial charge is 0.381 e. The van der Waals surface area contributed by atoms with Crippen molar-refractivity contribution in [1.82, 2.24) is 0 Å². The van der Waals surface area contributed by atoms with Gasteiger partial charge in [-0.3, -0.25) is 0 Å². The quantitative estimate of drug-likeness (QED) is 0.566. The highest BCUT2D eigenvalue weighted by atomic mass is 16.6. The van der Waals surface area contributed by atoms with Crippen molar-refractivity contribution in [3.8, 4) is 0 Å². The summed E-state index contributed by atoms with van der Waals surface area (Å²) in [6, 6.07) is 0. The third-order valence-electron chi connectivity index (χ3n) is 4.76. The van der Waals surface area contributed by atoms with Gasteiger partial charge in [0.25, 0.3) is 0 Å². The van der Waals surface area contributed by atoms with Crippen LogP contribution in [0.1, 0.15) is 46.5 Å². The van der Waals surface area contributed by atoms with Crippen molar-refractivity contribution in [3.63, 3.8) is 0 Å². The zero-order valence-electron chi connectivity index (χ0n) is 12.9. The number of hydrogen-bond acceptors (Lipinski definition) is 3. The van der Waals surface area contributed by atoms with Crippen molar-refractivity contribution >= 4 is 0 Å². The molecule has 1 heterocycles. The number of hydrogen-bond donors (Lipinski definition) is 0. The number of allylic oxidation sites excluding steroid dienone is 1.